The number of nitrogens with one attached hydrogen (secondary N) is 1. The molecule has 0 spiro atoms. The van der Waals surface area contributed by atoms with Crippen LogP contribution in [-0.2, 0) is 20.4 Å². The summed E-state index contributed by atoms with van der Waals surface area (Å²) in [7, 11) is -3.75. The van der Waals surface area contributed by atoms with Crippen molar-refractivity contribution in [3.8, 4) is 0 Å². The van der Waals surface area contributed by atoms with Crippen LogP contribution in [-0.4, -0.2) is 36.8 Å². The molecular weight excluding hydrogens is 407 g/mol. The Morgan fingerprint density at radius 1 is 1.20 bits per heavy atom. The van der Waals surface area contributed by atoms with Crippen LogP contribution < -0.4 is 5.32 Å². The number of amides is 1. The first-order valence-corrected chi connectivity index (χ1v) is 11.5. The molecule has 8 heteroatoms. The summed E-state index contributed by atoms with van der Waals surface area (Å²) in [4.78, 5) is 11.3. The number of sulfonamides is 1. The molecule has 2 aromatic carbocycles. The first-order valence-electron chi connectivity index (χ1n) is 10.1. The highest BCUT2D eigenvalue weighted by molar-refractivity contribution is 7.89. The highest BCUT2D eigenvalue weighted by Crippen LogP contribution is 2.49. The fourth-order valence-electron chi connectivity index (χ4n) is 4.86. The van der Waals surface area contributed by atoms with Crippen molar-refractivity contribution in [1.29, 1.82) is 0 Å². The molecule has 1 aliphatic heterocycles. The zero-order valence-electron chi connectivity index (χ0n) is 16.7. The van der Waals surface area contributed by atoms with Crippen LogP contribution in [0.25, 0.3) is 0 Å². The molecular formula is C22H25FN2O4S. The van der Waals surface area contributed by atoms with E-state index in [0.717, 1.165) is 12.8 Å². The van der Waals surface area contributed by atoms with Gasteiger partial charge in [-0.3, -0.25) is 4.79 Å². The van der Waals surface area contributed by atoms with Crippen LogP contribution in [0.1, 0.15) is 31.7 Å². The Hall–Kier alpha value is -2.29. The van der Waals surface area contributed by atoms with E-state index in [1.165, 1.54) is 35.5 Å². The van der Waals surface area contributed by atoms with Crippen LogP contribution in [0, 0.1) is 17.7 Å². The van der Waals surface area contributed by atoms with E-state index in [2.05, 4.69) is 5.32 Å². The van der Waals surface area contributed by atoms with E-state index < -0.39 is 21.4 Å². The lowest BCUT2D eigenvalue weighted by Gasteiger charge is -2.41. The van der Waals surface area contributed by atoms with Gasteiger partial charge in [-0.25, -0.2) is 12.8 Å². The number of nitrogens with zero attached hydrogens (tertiary/aromatic N) is 1. The zero-order valence-corrected chi connectivity index (χ0v) is 17.5. The molecule has 0 unspecified atom stereocenters. The molecule has 1 heterocycles. The minimum Gasteiger partial charge on any atom is -0.385 e. The van der Waals surface area contributed by atoms with Crippen molar-refractivity contribution in [2.24, 2.45) is 11.8 Å². The minimum atomic E-state index is -3.75. The van der Waals surface area contributed by atoms with Crippen molar-refractivity contribution < 1.29 is 22.7 Å². The largest absolute Gasteiger partial charge is 0.385 e. The van der Waals surface area contributed by atoms with Gasteiger partial charge in [-0.1, -0.05) is 12.1 Å². The van der Waals surface area contributed by atoms with E-state index >= 15 is 0 Å². The summed E-state index contributed by atoms with van der Waals surface area (Å²) >= 11 is 0. The predicted octanol–water partition coefficient (Wildman–Crippen LogP) is 3.09. The predicted molar refractivity (Wildman–Crippen MR) is 111 cm³/mol. The number of hydrogen-bond acceptors (Lipinski definition) is 4. The third-order valence-electron chi connectivity index (χ3n) is 6.29. The molecule has 30 heavy (non-hydrogen) atoms. The summed E-state index contributed by atoms with van der Waals surface area (Å²) in [6.07, 6.45) is 2.07. The van der Waals surface area contributed by atoms with Gasteiger partial charge in [-0.05, 0) is 67.1 Å². The molecule has 1 saturated heterocycles. The number of rotatable bonds is 4. The fraction of sp³-hybridized carbons (Fsp3) is 0.409. The van der Waals surface area contributed by atoms with E-state index in [-0.39, 0.29) is 29.2 Å². The third kappa shape index (κ3) is 3.75. The van der Waals surface area contributed by atoms with Gasteiger partial charge in [0.25, 0.3) is 0 Å². The molecule has 2 N–H and O–H groups in total. The van der Waals surface area contributed by atoms with Gasteiger partial charge in [0.05, 0.1) is 10.5 Å². The number of carbonyl (C=O) groups is 1. The van der Waals surface area contributed by atoms with Crippen LogP contribution in [0.3, 0.4) is 0 Å². The molecule has 0 aromatic heterocycles. The van der Waals surface area contributed by atoms with Gasteiger partial charge in [0.2, 0.25) is 15.9 Å². The Labute approximate surface area is 175 Å². The monoisotopic (exact) mass is 432 g/mol. The van der Waals surface area contributed by atoms with E-state index in [1.807, 2.05) is 0 Å². The van der Waals surface area contributed by atoms with Gasteiger partial charge < -0.3 is 10.4 Å². The molecule has 1 amide bonds. The first-order chi connectivity index (χ1) is 14.2. The second kappa shape index (κ2) is 7.76. The molecule has 160 valence electrons. The average molecular weight is 433 g/mol. The number of fused-ring (bicyclic) bond motifs is 1. The molecule has 1 aliphatic carbocycles. The molecule has 2 aromatic rings. The number of hydrogen-bond donors (Lipinski definition) is 2. The molecule has 0 radical (unpaired) electrons. The smallest absolute Gasteiger partial charge is 0.243 e. The lowest BCUT2D eigenvalue weighted by atomic mass is 9.67. The first kappa shape index (κ1) is 21.0. The van der Waals surface area contributed by atoms with Crippen molar-refractivity contribution >= 4 is 21.6 Å². The van der Waals surface area contributed by atoms with Crippen LogP contribution in [0.2, 0.25) is 0 Å². The van der Waals surface area contributed by atoms with Crippen LogP contribution in [0.4, 0.5) is 10.1 Å². The average Bonchev–Trinajstić information content (AvgIpc) is 3.15. The molecule has 3 atom stereocenters. The molecule has 2 fully saturated rings. The van der Waals surface area contributed by atoms with Crippen LogP contribution >= 0.6 is 0 Å². The Morgan fingerprint density at radius 3 is 2.60 bits per heavy atom. The van der Waals surface area contributed by atoms with Gasteiger partial charge in [-0.2, -0.15) is 4.31 Å². The number of benzene rings is 2. The minimum absolute atomic E-state index is 0.0143. The molecule has 4 rings (SSSR count). The normalized spacial score (nSPS) is 26.9. The van der Waals surface area contributed by atoms with Crippen molar-refractivity contribution in [3.05, 3.63) is 59.9 Å². The number of aliphatic hydroxyl groups is 1. The Balaban J connectivity index is 1.59. The standard InChI is InChI=1S/C22H25FN2O4S/c1-15(26)24-19-7-9-20(10-8-19)30(28,29)25-13-16-4-3-11-22(27,21(16)14-25)17-5-2-6-18(23)12-17/h2,5-10,12,16,21,27H,3-4,11,13-14H2,1H3,(H,24,26)/t16-,21-,22-/m0/s1. The molecule has 2 aliphatic rings. The Kier molecular flexibility index (Phi) is 5.42. The topological polar surface area (TPSA) is 86.7 Å². The highest BCUT2D eigenvalue weighted by Gasteiger charge is 2.52. The van der Waals surface area contributed by atoms with Gasteiger partial charge >= 0.3 is 0 Å². The Morgan fingerprint density at radius 2 is 1.93 bits per heavy atom. The molecule has 1 saturated carbocycles. The lowest BCUT2D eigenvalue weighted by molar-refractivity contribution is -0.114. The second-order valence-electron chi connectivity index (χ2n) is 8.22. The maximum Gasteiger partial charge on any atom is 0.243 e. The quantitative estimate of drug-likeness (QED) is 0.777. The lowest BCUT2D eigenvalue weighted by Crippen LogP contribution is -2.43. The van der Waals surface area contributed by atoms with Gasteiger partial charge in [0, 0.05) is 31.6 Å². The maximum absolute atomic E-state index is 13.8. The Bertz CT molecular complexity index is 1060. The van der Waals surface area contributed by atoms with Gasteiger partial charge in [0.15, 0.2) is 0 Å². The van der Waals surface area contributed by atoms with Crippen LogP contribution in [0.5, 0.6) is 0 Å². The van der Waals surface area contributed by atoms with E-state index in [0.29, 0.717) is 24.2 Å². The van der Waals surface area contributed by atoms with E-state index in [9.17, 15) is 22.7 Å². The molecule has 6 nitrogen and oxygen atoms in total. The second-order valence-corrected chi connectivity index (χ2v) is 10.2. The van der Waals surface area contributed by atoms with Crippen molar-refractivity contribution in [2.45, 2.75) is 36.7 Å². The van der Waals surface area contributed by atoms with Crippen LogP contribution in [0.15, 0.2) is 53.4 Å². The summed E-state index contributed by atoms with van der Waals surface area (Å²) in [6, 6.07) is 12.0. The SMILES string of the molecule is CC(=O)Nc1ccc(S(=O)(=O)N2C[C@@H]3CCC[C@](O)(c4cccc(F)c4)[C@H]3C2)cc1. The van der Waals surface area contributed by atoms with Crippen molar-refractivity contribution in [2.75, 3.05) is 18.4 Å². The molecule has 0 bridgehead atoms. The van der Waals surface area contributed by atoms with Gasteiger partial charge in [-0.15, -0.1) is 0 Å². The van der Waals surface area contributed by atoms with Crippen molar-refractivity contribution in [1.82, 2.24) is 4.31 Å². The van der Waals surface area contributed by atoms with E-state index in [4.69, 9.17) is 0 Å². The summed E-state index contributed by atoms with van der Waals surface area (Å²) in [5.74, 6) is -0.919. The summed E-state index contributed by atoms with van der Waals surface area (Å²) in [5.41, 5.74) is -0.210. The number of anilines is 1. The highest BCUT2D eigenvalue weighted by atomic mass is 32.2. The zero-order chi connectivity index (χ0) is 21.5. The van der Waals surface area contributed by atoms with Crippen molar-refractivity contribution in [3.63, 3.8) is 0 Å². The summed E-state index contributed by atoms with van der Waals surface area (Å²) in [5, 5.41) is 14.1. The van der Waals surface area contributed by atoms with E-state index in [1.54, 1.807) is 24.3 Å². The number of halogens is 1. The number of carbonyl (C=O) groups excluding carboxylic acids is 1. The van der Waals surface area contributed by atoms with Gasteiger partial charge in [0.1, 0.15) is 5.82 Å². The fourth-order valence-corrected chi connectivity index (χ4v) is 6.38. The third-order valence-corrected chi connectivity index (χ3v) is 8.14. The maximum atomic E-state index is 13.8. The summed E-state index contributed by atoms with van der Waals surface area (Å²) in [6.45, 7) is 1.90. The summed E-state index contributed by atoms with van der Waals surface area (Å²) < 4.78 is 41.6.